The molecule has 0 bridgehead atoms. The minimum absolute atomic E-state index is 0.129. The molecule has 0 spiro atoms. The highest BCUT2D eigenvalue weighted by Crippen LogP contribution is 2.24. The molecular formula is C13H21BrN2O. The predicted molar refractivity (Wildman–Crippen MR) is 77.1 cm³/mol. The van der Waals surface area contributed by atoms with Crippen LogP contribution in [0.2, 0.25) is 0 Å². The van der Waals surface area contributed by atoms with Crippen molar-refractivity contribution in [2.24, 2.45) is 5.41 Å². The smallest absolute Gasteiger partial charge is 0.0717 e. The van der Waals surface area contributed by atoms with Crippen LogP contribution in [-0.2, 0) is 0 Å². The summed E-state index contributed by atoms with van der Waals surface area (Å²) in [5.41, 5.74) is 7.51. The van der Waals surface area contributed by atoms with Gasteiger partial charge >= 0.3 is 0 Å². The summed E-state index contributed by atoms with van der Waals surface area (Å²) in [6, 6.07) is 5.65. The van der Waals surface area contributed by atoms with Crippen LogP contribution in [0, 0.1) is 5.41 Å². The summed E-state index contributed by atoms with van der Waals surface area (Å²) in [6.07, 6.45) is 0.391. The van der Waals surface area contributed by atoms with Crippen LogP contribution >= 0.6 is 15.9 Å². The number of halogens is 1. The Balaban J connectivity index is 2.53. The van der Waals surface area contributed by atoms with Crippen LogP contribution in [0.15, 0.2) is 22.7 Å². The minimum atomic E-state index is -0.367. The average molecular weight is 301 g/mol. The van der Waals surface area contributed by atoms with Gasteiger partial charge in [-0.1, -0.05) is 36.7 Å². The van der Waals surface area contributed by atoms with Crippen LogP contribution in [0.1, 0.15) is 27.2 Å². The lowest BCUT2D eigenvalue weighted by molar-refractivity contribution is 0.132. The number of benzene rings is 1. The van der Waals surface area contributed by atoms with Crippen molar-refractivity contribution in [3.63, 3.8) is 0 Å². The van der Waals surface area contributed by atoms with Gasteiger partial charge in [-0.3, -0.25) is 0 Å². The Morgan fingerprint density at radius 2 is 2.06 bits per heavy atom. The monoisotopic (exact) mass is 300 g/mol. The van der Waals surface area contributed by atoms with Crippen molar-refractivity contribution >= 4 is 27.3 Å². The van der Waals surface area contributed by atoms with E-state index in [1.54, 1.807) is 0 Å². The lowest BCUT2D eigenvalue weighted by Crippen LogP contribution is -2.25. The third kappa shape index (κ3) is 5.41. The molecule has 0 radical (unpaired) electrons. The molecule has 0 fully saturated rings. The first-order valence-corrected chi connectivity index (χ1v) is 6.54. The molecule has 1 rings (SSSR count). The zero-order valence-electron chi connectivity index (χ0n) is 10.6. The van der Waals surface area contributed by atoms with E-state index in [4.69, 9.17) is 5.73 Å². The highest BCUT2D eigenvalue weighted by molar-refractivity contribution is 9.10. The average Bonchev–Trinajstić information content (AvgIpc) is 2.17. The van der Waals surface area contributed by atoms with E-state index in [2.05, 4.69) is 42.0 Å². The van der Waals surface area contributed by atoms with Gasteiger partial charge in [0.2, 0.25) is 0 Å². The minimum Gasteiger partial charge on any atom is -0.397 e. The molecule has 0 aliphatic rings. The maximum Gasteiger partial charge on any atom is 0.0717 e. The van der Waals surface area contributed by atoms with Crippen molar-refractivity contribution in [3.8, 4) is 0 Å². The molecule has 0 aliphatic carbocycles. The van der Waals surface area contributed by atoms with E-state index in [-0.39, 0.29) is 11.5 Å². The zero-order chi connectivity index (χ0) is 13.1. The van der Waals surface area contributed by atoms with Gasteiger partial charge in [-0.15, -0.1) is 0 Å². The van der Waals surface area contributed by atoms with Crippen molar-refractivity contribution < 1.29 is 5.11 Å². The van der Waals surface area contributed by atoms with Crippen LogP contribution in [0.3, 0.4) is 0 Å². The van der Waals surface area contributed by atoms with E-state index in [1.807, 2.05) is 18.2 Å². The fourth-order valence-electron chi connectivity index (χ4n) is 1.69. The number of nitrogens with one attached hydrogen (secondary N) is 1. The molecule has 1 aromatic rings. The number of aliphatic hydroxyl groups excluding tert-OH is 1. The van der Waals surface area contributed by atoms with Gasteiger partial charge in [0.05, 0.1) is 17.5 Å². The first-order chi connectivity index (χ1) is 7.78. The molecule has 0 aliphatic heterocycles. The van der Waals surface area contributed by atoms with Crippen molar-refractivity contribution in [1.82, 2.24) is 0 Å². The van der Waals surface area contributed by atoms with Crippen molar-refractivity contribution in [2.45, 2.75) is 33.3 Å². The van der Waals surface area contributed by atoms with Crippen molar-refractivity contribution in [3.05, 3.63) is 22.7 Å². The first kappa shape index (κ1) is 14.3. The van der Waals surface area contributed by atoms with Crippen LogP contribution in [0.25, 0.3) is 0 Å². The third-order valence-electron chi connectivity index (χ3n) is 2.39. The molecule has 4 heteroatoms. The quantitative estimate of drug-likeness (QED) is 0.748. The number of hydrogen-bond donors (Lipinski definition) is 3. The molecule has 0 saturated heterocycles. The number of nitrogens with two attached hydrogens (primary N) is 1. The number of nitrogen functional groups attached to an aromatic ring is 1. The van der Waals surface area contributed by atoms with Crippen LogP contribution in [-0.4, -0.2) is 17.8 Å². The first-order valence-electron chi connectivity index (χ1n) is 5.75. The largest absolute Gasteiger partial charge is 0.397 e. The zero-order valence-corrected chi connectivity index (χ0v) is 12.2. The Bertz CT molecular complexity index is 374. The second kappa shape index (κ2) is 5.74. The molecule has 1 unspecified atom stereocenters. The molecule has 0 heterocycles. The SMILES string of the molecule is CC(C)(C)CC(O)CNc1cc(Br)ccc1N. The van der Waals surface area contributed by atoms with Gasteiger partial charge in [-0.2, -0.15) is 0 Å². The van der Waals surface area contributed by atoms with Gasteiger partial charge in [-0.25, -0.2) is 0 Å². The number of rotatable bonds is 4. The maximum atomic E-state index is 9.89. The highest BCUT2D eigenvalue weighted by Gasteiger charge is 2.16. The Labute approximate surface area is 112 Å². The van der Waals surface area contributed by atoms with Gasteiger partial charge in [0, 0.05) is 11.0 Å². The molecule has 3 nitrogen and oxygen atoms in total. The summed E-state index contributed by atoms with van der Waals surface area (Å²) in [5.74, 6) is 0. The molecule has 4 N–H and O–H groups in total. The van der Waals surface area contributed by atoms with Crippen molar-refractivity contribution in [1.29, 1.82) is 0 Å². The molecule has 0 saturated carbocycles. The van der Waals surface area contributed by atoms with E-state index in [0.717, 1.165) is 16.6 Å². The lowest BCUT2D eigenvalue weighted by atomic mass is 9.89. The molecule has 96 valence electrons. The molecular weight excluding hydrogens is 280 g/mol. The maximum absolute atomic E-state index is 9.89. The summed E-state index contributed by atoms with van der Waals surface area (Å²) in [4.78, 5) is 0. The van der Waals surface area contributed by atoms with E-state index in [9.17, 15) is 5.11 Å². The summed E-state index contributed by atoms with van der Waals surface area (Å²) in [7, 11) is 0. The van der Waals surface area contributed by atoms with Crippen LogP contribution in [0.5, 0.6) is 0 Å². The third-order valence-corrected chi connectivity index (χ3v) is 2.88. The van der Waals surface area contributed by atoms with E-state index in [0.29, 0.717) is 12.2 Å². The molecule has 0 amide bonds. The number of hydrogen-bond acceptors (Lipinski definition) is 3. The van der Waals surface area contributed by atoms with Crippen LogP contribution < -0.4 is 11.1 Å². The fraction of sp³-hybridized carbons (Fsp3) is 0.538. The Kier molecular flexibility index (Phi) is 4.83. The second-order valence-electron chi connectivity index (χ2n) is 5.53. The topological polar surface area (TPSA) is 58.3 Å². The Hall–Kier alpha value is -0.740. The van der Waals surface area contributed by atoms with Gasteiger partial charge in [0.25, 0.3) is 0 Å². The van der Waals surface area contributed by atoms with Crippen molar-refractivity contribution in [2.75, 3.05) is 17.6 Å². The lowest BCUT2D eigenvalue weighted by Gasteiger charge is -2.23. The summed E-state index contributed by atoms with van der Waals surface area (Å²) < 4.78 is 0.972. The van der Waals surface area contributed by atoms with Gasteiger partial charge in [-0.05, 0) is 30.0 Å². The fourth-order valence-corrected chi connectivity index (χ4v) is 2.05. The molecule has 0 aromatic heterocycles. The second-order valence-corrected chi connectivity index (χ2v) is 6.45. The number of anilines is 2. The van der Waals surface area contributed by atoms with E-state index in [1.165, 1.54) is 0 Å². The normalized spacial score (nSPS) is 13.5. The molecule has 17 heavy (non-hydrogen) atoms. The highest BCUT2D eigenvalue weighted by atomic mass is 79.9. The standard InChI is InChI=1S/C13H21BrN2O/c1-13(2,3)7-10(17)8-16-12-6-9(14)4-5-11(12)15/h4-6,10,16-17H,7-8,15H2,1-3H3. The summed E-state index contributed by atoms with van der Waals surface area (Å²) in [6.45, 7) is 6.86. The van der Waals surface area contributed by atoms with E-state index >= 15 is 0 Å². The summed E-state index contributed by atoms with van der Waals surface area (Å²) in [5, 5.41) is 13.1. The molecule has 1 atom stereocenters. The Morgan fingerprint density at radius 1 is 1.41 bits per heavy atom. The van der Waals surface area contributed by atoms with Gasteiger partial charge in [0.15, 0.2) is 0 Å². The predicted octanol–water partition coefficient (Wildman–Crippen LogP) is 3.24. The molecule has 1 aromatic carbocycles. The van der Waals surface area contributed by atoms with E-state index < -0.39 is 0 Å². The van der Waals surface area contributed by atoms with Crippen LogP contribution in [0.4, 0.5) is 11.4 Å². The Morgan fingerprint density at radius 3 is 2.65 bits per heavy atom. The van der Waals surface area contributed by atoms with Gasteiger partial charge < -0.3 is 16.2 Å². The van der Waals surface area contributed by atoms with Gasteiger partial charge in [0.1, 0.15) is 0 Å². The number of aliphatic hydroxyl groups is 1. The summed E-state index contributed by atoms with van der Waals surface area (Å²) >= 11 is 3.39.